The molecule has 0 radical (unpaired) electrons. The maximum atomic E-state index is 12.3. The number of carbonyl (C=O) groups excluding carboxylic acids is 1. The van der Waals surface area contributed by atoms with E-state index in [9.17, 15) is 18.4 Å². The topological polar surface area (TPSA) is 64.2 Å². The molecule has 0 saturated heterocycles. The van der Waals surface area contributed by atoms with Crippen LogP contribution in [0.2, 0.25) is 0 Å². The number of nitrogens with one attached hydrogen (secondary N) is 1. The van der Waals surface area contributed by atoms with Crippen molar-refractivity contribution in [3.05, 3.63) is 59.1 Å². The van der Waals surface area contributed by atoms with Gasteiger partial charge in [0.15, 0.2) is 5.58 Å². The normalized spacial score (nSPS) is 11.2. The van der Waals surface area contributed by atoms with Crippen LogP contribution in [0, 0.1) is 0 Å². The summed E-state index contributed by atoms with van der Waals surface area (Å²) in [6.07, 6.45) is 0.0803. The average molecular weight is 364 g/mol. The Morgan fingerprint density at radius 3 is 2.60 bits per heavy atom. The van der Waals surface area contributed by atoms with Crippen molar-refractivity contribution in [1.82, 2.24) is 4.57 Å². The molecule has 1 amide bonds. The van der Waals surface area contributed by atoms with Gasteiger partial charge < -0.3 is 9.73 Å². The van der Waals surface area contributed by atoms with Crippen molar-refractivity contribution in [1.29, 1.82) is 0 Å². The van der Waals surface area contributed by atoms with Gasteiger partial charge in [0, 0.05) is 23.5 Å². The maximum Gasteiger partial charge on any atom is 0.419 e. The molecule has 130 valence electrons. The Labute approximate surface area is 145 Å². The summed E-state index contributed by atoms with van der Waals surface area (Å²) in [7, 11) is 0. The fourth-order valence-electron chi connectivity index (χ4n) is 2.38. The number of fused-ring (bicyclic) bond motifs is 1. The Hall–Kier alpha value is -2.61. The van der Waals surface area contributed by atoms with E-state index in [4.69, 9.17) is 4.42 Å². The zero-order valence-electron chi connectivity index (χ0n) is 12.9. The van der Waals surface area contributed by atoms with E-state index in [0.29, 0.717) is 33.4 Å². The molecule has 8 heteroatoms. The van der Waals surface area contributed by atoms with Crippen molar-refractivity contribution >= 4 is 34.5 Å². The fourth-order valence-corrected chi connectivity index (χ4v) is 2.88. The number of amides is 1. The van der Waals surface area contributed by atoms with Gasteiger partial charge in [0.1, 0.15) is 0 Å². The summed E-state index contributed by atoms with van der Waals surface area (Å²) in [5.74, 6) is -3.28. The fraction of sp³-hybridized carbons (Fsp3) is 0.176. The van der Waals surface area contributed by atoms with E-state index in [0.717, 1.165) is 0 Å². The summed E-state index contributed by atoms with van der Waals surface area (Å²) in [6.45, 7) is 0.182. The largest absolute Gasteiger partial charge is 0.419 e. The van der Waals surface area contributed by atoms with Gasteiger partial charge in [0.25, 0.3) is 5.76 Å². The van der Waals surface area contributed by atoms with Crippen LogP contribution < -0.4 is 11.1 Å². The van der Waals surface area contributed by atoms with Crippen LogP contribution in [0.1, 0.15) is 6.42 Å². The molecule has 0 fully saturated rings. The maximum absolute atomic E-state index is 12.3. The van der Waals surface area contributed by atoms with Crippen LogP contribution in [0.15, 0.2) is 62.6 Å². The van der Waals surface area contributed by atoms with Gasteiger partial charge in [-0.25, -0.2) is 4.79 Å². The third kappa shape index (κ3) is 4.27. The van der Waals surface area contributed by atoms with Gasteiger partial charge in [-0.15, -0.1) is 0 Å². The second kappa shape index (κ2) is 7.52. The Morgan fingerprint density at radius 2 is 1.88 bits per heavy atom. The van der Waals surface area contributed by atoms with Gasteiger partial charge in [-0.1, -0.05) is 23.9 Å². The van der Waals surface area contributed by atoms with Gasteiger partial charge in [0.05, 0.1) is 5.52 Å². The predicted molar refractivity (Wildman–Crippen MR) is 92.0 cm³/mol. The molecule has 25 heavy (non-hydrogen) atoms. The molecular formula is C17H14F2N2O3S. The number of halogens is 2. The summed E-state index contributed by atoms with van der Waals surface area (Å²) >= 11 is 0.443. The van der Waals surface area contributed by atoms with E-state index in [-0.39, 0.29) is 18.9 Å². The molecule has 0 saturated carbocycles. The van der Waals surface area contributed by atoms with Gasteiger partial charge >= 0.3 is 5.76 Å². The third-order valence-corrected chi connectivity index (χ3v) is 4.22. The molecule has 1 N–H and O–H groups in total. The number of thioether (sulfide) groups is 1. The molecule has 0 aliphatic heterocycles. The van der Waals surface area contributed by atoms with Crippen molar-refractivity contribution in [3.63, 3.8) is 0 Å². The molecule has 1 heterocycles. The number of rotatable bonds is 6. The Bertz CT molecular complexity index is 935. The first-order valence-electron chi connectivity index (χ1n) is 7.46. The lowest BCUT2D eigenvalue weighted by Crippen LogP contribution is -2.19. The van der Waals surface area contributed by atoms with E-state index in [1.807, 2.05) is 0 Å². The standard InChI is InChI=1S/C17H14F2N2O3S/c18-16(19)25-12-7-5-11(6-8-12)20-15(22)9-10-21-13-3-1-2-4-14(13)24-17(21)23/h1-8,16H,9-10H2,(H,20,22). The average Bonchev–Trinajstić information content (AvgIpc) is 2.89. The first kappa shape index (κ1) is 17.2. The molecule has 0 unspecified atom stereocenters. The van der Waals surface area contributed by atoms with Crippen LogP contribution in [-0.2, 0) is 11.3 Å². The lowest BCUT2D eigenvalue weighted by Gasteiger charge is -2.07. The van der Waals surface area contributed by atoms with Crippen molar-refractivity contribution in [2.75, 3.05) is 5.32 Å². The van der Waals surface area contributed by atoms with Gasteiger partial charge in [-0.2, -0.15) is 8.78 Å². The third-order valence-electron chi connectivity index (χ3n) is 3.50. The number of anilines is 1. The molecule has 5 nitrogen and oxygen atoms in total. The number of benzene rings is 2. The highest BCUT2D eigenvalue weighted by Gasteiger charge is 2.11. The minimum absolute atomic E-state index is 0.0803. The van der Waals surface area contributed by atoms with Crippen LogP contribution >= 0.6 is 11.8 Å². The number of para-hydroxylation sites is 2. The summed E-state index contributed by atoms with van der Waals surface area (Å²) in [6, 6.07) is 13.1. The highest BCUT2D eigenvalue weighted by molar-refractivity contribution is 7.99. The Balaban J connectivity index is 1.61. The lowest BCUT2D eigenvalue weighted by atomic mass is 10.3. The highest BCUT2D eigenvalue weighted by atomic mass is 32.2. The van der Waals surface area contributed by atoms with E-state index in [1.54, 1.807) is 36.4 Å². The van der Waals surface area contributed by atoms with Crippen molar-refractivity contribution in [3.8, 4) is 0 Å². The van der Waals surface area contributed by atoms with E-state index in [1.165, 1.54) is 16.7 Å². The van der Waals surface area contributed by atoms with Crippen LogP contribution in [0.25, 0.3) is 11.1 Å². The van der Waals surface area contributed by atoms with E-state index < -0.39 is 11.5 Å². The molecule has 0 aliphatic carbocycles. The number of oxazole rings is 1. The van der Waals surface area contributed by atoms with Crippen LogP contribution in [0.4, 0.5) is 14.5 Å². The zero-order valence-corrected chi connectivity index (χ0v) is 13.8. The quantitative estimate of drug-likeness (QED) is 0.673. The van der Waals surface area contributed by atoms with Gasteiger partial charge in [-0.3, -0.25) is 9.36 Å². The minimum Gasteiger partial charge on any atom is -0.408 e. The Kier molecular flexibility index (Phi) is 5.18. The highest BCUT2D eigenvalue weighted by Crippen LogP contribution is 2.26. The monoisotopic (exact) mass is 364 g/mol. The van der Waals surface area contributed by atoms with Crippen molar-refractivity contribution in [2.45, 2.75) is 23.6 Å². The summed E-state index contributed by atoms with van der Waals surface area (Å²) in [5.41, 5.74) is 1.61. The number of hydrogen-bond acceptors (Lipinski definition) is 4. The molecule has 2 aromatic carbocycles. The van der Waals surface area contributed by atoms with Crippen LogP contribution in [0.3, 0.4) is 0 Å². The lowest BCUT2D eigenvalue weighted by molar-refractivity contribution is -0.116. The van der Waals surface area contributed by atoms with E-state index >= 15 is 0 Å². The second-order valence-electron chi connectivity index (χ2n) is 5.19. The second-order valence-corrected chi connectivity index (χ2v) is 6.25. The summed E-state index contributed by atoms with van der Waals surface area (Å²) < 4.78 is 31.0. The molecule has 3 aromatic rings. The molecule has 1 aromatic heterocycles. The van der Waals surface area contributed by atoms with Crippen LogP contribution in [-0.4, -0.2) is 16.2 Å². The SMILES string of the molecule is O=C(CCn1c(=O)oc2ccccc21)Nc1ccc(SC(F)F)cc1. The summed E-state index contributed by atoms with van der Waals surface area (Å²) in [4.78, 5) is 24.3. The minimum atomic E-state index is -2.48. The number of hydrogen-bond donors (Lipinski definition) is 1. The van der Waals surface area contributed by atoms with Crippen molar-refractivity contribution < 1.29 is 18.0 Å². The molecule has 0 aliphatic rings. The number of aryl methyl sites for hydroxylation is 1. The number of alkyl halides is 2. The molecular weight excluding hydrogens is 350 g/mol. The molecule has 0 atom stereocenters. The first-order valence-corrected chi connectivity index (χ1v) is 8.34. The van der Waals surface area contributed by atoms with E-state index in [2.05, 4.69) is 5.32 Å². The number of carbonyl (C=O) groups is 1. The zero-order chi connectivity index (χ0) is 17.8. The predicted octanol–water partition coefficient (Wildman–Crippen LogP) is 3.94. The van der Waals surface area contributed by atoms with Gasteiger partial charge in [-0.05, 0) is 36.4 Å². The molecule has 0 bridgehead atoms. The molecule has 0 spiro atoms. The number of nitrogens with zero attached hydrogens (tertiary/aromatic N) is 1. The van der Waals surface area contributed by atoms with Gasteiger partial charge in [0.2, 0.25) is 5.91 Å². The van der Waals surface area contributed by atoms with Crippen LogP contribution in [0.5, 0.6) is 0 Å². The molecule has 3 rings (SSSR count). The first-order chi connectivity index (χ1) is 12.0. The number of aromatic nitrogens is 1. The van der Waals surface area contributed by atoms with Crippen molar-refractivity contribution in [2.24, 2.45) is 0 Å². The Morgan fingerprint density at radius 1 is 1.16 bits per heavy atom. The summed E-state index contributed by atoms with van der Waals surface area (Å²) in [5, 5.41) is 2.67. The smallest absolute Gasteiger partial charge is 0.408 e.